The van der Waals surface area contributed by atoms with Crippen LogP contribution in [0.25, 0.3) is 5.70 Å². The van der Waals surface area contributed by atoms with Crippen LogP contribution < -0.4 is 14.8 Å². The van der Waals surface area contributed by atoms with Crippen molar-refractivity contribution in [2.75, 3.05) is 19.5 Å². The largest absolute Gasteiger partial charge is 0.493 e. The van der Waals surface area contributed by atoms with Crippen molar-refractivity contribution >= 4 is 23.1 Å². The van der Waals surface area contributed by atoms with Gasteiger partial charge < -0.3 is 14.8 Å². The number of hydrogen-bond acceptors (Lipinski definition) is 6. The van der Waals surface area contributed by atoms with E-state index in [1.54, 1.807) is 38.5 Å². The fraction of sp³-hybridized carbons (Fsp3) is 0.200. The number of amides is 1. The second kappa shape index (κ2) is 6.35. The first-order valence-electron chi connectivity index (χ1n) is 8.37. The number of nitrogens with one attached hydrogen (secondary N) is 1. The van der Waals surface area contributed by atoms with Gasteiger partial charge in [-0.05, 0) is 29.8 Å². The number of fused-ring (bicyclic) bond motifs is 3. The Morgan fingerprint density at radius 2 is 1.89 bits per heavy atom. The molecule has 1 atom stereocenters. The first kappa shape index (κ1) is 17.0. The third kappa shape index (κ3) is 2.59. The Balaban J connectivity index is 1.84. The zero-order valence-corrected chi connectivity index (χ0v) is 15.1. The molecule has 4 rings (SSSR count). The number of Topliss-reactive ketones (excluding diaryl/α,β-unsaturated/α-hetero) is 1. The maximum Gasteiger partial charge on any atom is 0.221 e. The normalized spacial score (nSPS) is 17.0. The number of ether oxygens (including phenoxy) is 2. The average Bonchev–Trinajstić information content (AvgIpc) is 3.21. The number of azo groups is 1. The molecule has 2 aromatic carbocycles. The minimum absolute atomic E-state index is 0.172. The fourth-order valence-corrected chi connectivity index (χ4v) is 3.48. The van der Waals surface area contributed by atoms with E-state index in [1.165, 1.54) is 6.92 Å². The van der Waals surface area contributed by atoms with Crippen molar-refractivity contribution in [3.8, 4) is 11.5 Å². The summed E-state index contributed by atoms with van der Waals surface area (Å²) in [5.41, 5.74) is 3.46. The SMILES string of the molecule is COc1ccc(C2=C3C(=O)c4c(NC(C)=O)cccc4C3N=N2)cc1OC. The Kier molecular flexibility index (Phi) is 3.99. The van der Waals surface area contributed by atoms with E-state index >= 15 is 0 Å². The summed E-state index contributed by atoms with van der Waals surface area (Å²) in [6.07, 6.45) is 0. The van der Waals surface area contributed by atoms with Crippen molar-refractivity contribution in [3.63, 3.8) is 0 Å². The van der Waals surface area contributed by atoms with Crippen LogP contribution in [-0.4, -0.2) is 25.9 Å². The van der Waals surface area contributed by atoms with Crippen LogP contribution in [-0.2, 0) is 4.79 Å². The van der Waals surface area contributed by atoms with Crippen molar-refractivity contribution in [2.45, 2.75) is 13.0 Å². The Morgan fingerprint density at radius 1 is 1.11 bits per heavy atom. The number of ketones is 1. The van der Waals surface area contributed by atoms with E-state index in [-0.39, 0.29) is 11.7 Å². The molecule has 7 heteroatoms. The first-order chi connectivity index (χ1) is 13.0. The summed E-state index contributed by atoms with van der Waals surface area (Å²) in [4.78, 5) is 24.6. The summed E-state index contributed by atoms with van der Waals surface area (Å²) in [6.45, 7) is 1.41. The predicted molar refractivity (Wildman–Crippen MR) is 99.1 cm³/mol. The van der Waals surface area contributed by atoms with Crippen LogP contribution >= 0.6 is 0 Å². The molecular formula is C20H17N3O4. The van der Waals surface area contributed by atoms with Gasteiger partial charge in [-0.25, -0.2) is 0 Å². The lowest BCUT2D eigenvalue weighted by Crippen LogP contribution is -2.10. The average molecular weight is 363 g/mol. The minimum atomic E-state index is -0.454. The summed E-state index contributed by atoms with van der Waals surface area (Å²) < 4.78 is 10.6. The number of methoxy groups -OCH3 is 2. The van der Waals surface area contributed by atoms with Crippen LogP contribution in [0, 0.1) is 0 Å². The van der Waals surface area contributed by atoms with Gasteiger partial charge in [-0.15, -0.1) is 0 Å². The highest BCUT2D eigenvalue weighted by molar-refractivity contribution is 6.22. The van der Waals surface area contributed by atoms with Crippen molar-refractivity contribution in [1.82, 2.24) is 0 Å². The molecule has 2 aliphatic rings. The molecule has 0 aromatic heterocycles. The molecule has 0 saturated heterocycles. The number of hydrogen-bond donors (Lipinski definition) is 1. The third-order valence-electron chi connectivity index (χ3n) is 4.63. The minimum Gasteiger partial charge on any atom is -0.493 e. The highest BCUT2D eigenvalue weighted by atomic mass is 16.5. The summed E-state index contributed by atoms with van der Waals surface area (Å²) in [6, 6.07) is 10.2. The van der Waals surface area contributed by atoms with Crippen LogP contribution in [0.1, 0.15) is 34.5 Å². The predicted octanol–water partition coefficient (Wildman–Crippen LogP) is 3.78. The monoisotopic (exact) mass is 363 g/mol. The van der Waals surface area contributed by atoms with E-state index in [2.05, 4.69) is 15.5 Å². The molecule has 1 aliphatic carbocycles. The second-order valence-corrected chi connectivity index (χ2v) is 6.23. The van der Waals surface area contributed by atoms with Crippen LogP contribution in [0.4, 0.5) is 5.69 Å². The van der Waals surface area contributed by atoms with Crippen LogP contribution in [0.2, 0.25) is 0 Å². The van der Waals surface area contributed by atoms with Gasteiger partial charge in [-0.1, -0.05) is 12.1 Å². The Morgan fingerprint density at radius 3 is 2.59 bits per heavy atom. The molecule has 0 saturated carbocycles. The van der Waals surface area contributed by atoms with Crippen LogP contribution in [0.5, 0.6) is 11.5 Å². The van der Waals surface area contributed by atoms with Gasteiger partial charge in [0.1, 0.15) is 11.7 Å². The number of nitrogens with zero attached hydrogens (tertiary/aromatic N) is 2. The number of carbonyl (C=O) groups excluding carboxylic acids is 2. The summed E-state index contributed by atoms with van der Waals surface area (Å²) >= 11 is 0. The first-order valence-corrected chi connectivity index (χ1v) is 8.37. The molecule has 7 nitrogen and oxygen atoms in total. The van der Waals surface area contributed by atoms with Crippen LogP contribution in [0.3, 0.4) is 0 Å². The number of rotatable bonds is 4. The van der Waals surface area contributed by atoms with E-state index in [9.17, 15) is 9.59 Å². The van der Waals surface area contributed by atoms with Gasteiger partial charge in [0, 0.05) is 12.5 Å². The lowest BCUT2D eigenvalue weighted by Gasteiger charge is -2.09. The molecule has 0 fully saturated rings. The van der Waals surface area contributed by atoms with E-state index in [0.717, 1.165) is 11.1 Å². The molecule has 2 aromatic rings. The van der Waals surface area contributed by atoms with Crippen molar-refractivity contribution < 1.29 is 19.1 Å². The number of carbonyl (C=O) groups is 2. The molecule has 0 bridgehead atoms. The van der Waals surface area contributed by atoms with Gasteiger partial charge in [-0.3, -0.25) is 9.59 Å². The highest BCUT2D eigenvalue weighted by Gasteiger charge is 2.42. The molecular weight excluding hydrogens is 346 g/mol. The molecule has 1 unspecified atom stereocenters. The van der Waals surface area contributed by atoms with Crippen molar-refractivity contribution in [2.24, 2.45) is 10.2 Å². The number of benzene rings is 2. The van der Waals surface area contributed by atoms with E-state index in [0.29, 0.717) is 34.0 Å². The maximum absolute atomic E-state index is 13.2. The molecule has 0 radical (unpaired) electrons. The molecule has 136 valence electrons. The Labute approximate surface area is 155 Å². The molecule has 0 spiro atoms. The zero-order valence-electron chi connectivity index (χ0n) is 15.1. The zero-order chi connectivity index (χ0) is 19.1. The van der Waals surface area contributed by atoms with Gasteiger partial charge in [0.25, 0.3) is 0 Å². The highest BCUT2D eigenvalue weighted by Crippen LogP contribution is 2.49. The van der Waals surface area contributed by atoms with E-state index < -0.39 is 6.04 Å². The fourth-order valence-electron chi connectivity index (χ4n) is 3.48. The van der Waals surface area contributed by atoms with Crippen molar-refractivity contribution in [1.29, 1.82) is 0 Å². The van der Waals surface area contributed by atoms with Gasteiger partial charge in [0.05, 0.1) is 31.0 Å². The molecule has 27 heavy (non-hydrogen) atoms. The van der Waals surface area contributed by atoms with Gasteiger partial charge in [-0.2, -0.15) is 10.2 Å². The Hall–Kier alpha value is -3.48. The molecule has 1 aliphatic heterocycles. The van der Waals surface area contributed by atoms with E-state index in [4.69, 9.17) is 9.47 Å². The van der Waals surface area contributed by atoms with Gasteiger partial charge in [0.2, 0.25) is 5.91 Å². The quantitative estimate of drug-likeness (QED) is 0.895. The summed E-state index contributed by atoms with van der Waals surface area (Å²) in [5, 5.41) is 11.3. The van der Waals surface area contributed by atoms with E-state index in [1.807, 2.05) is 12.1 Å². The topological polar surface area (TPSA) is 89.3 Å². The lowest BCUT2D eigenvalue weighted by molar-refractivity contribution is -0.114. The maximum atomic E-state index is 13.2. The molecule has 1 N–H and O–H groups in total. The molecule has 1 heterocycles. The lowest BCUT2D eigenvalue weighted by atomic mass is 10.0. The second-order valence-electron chi connectivity index (χ2n) is 6.23. The third-order valence-corrected chi connectivity index (χ3v) is 4.63. The Bertz CT molecular complexity index is 1040. The number of anilines is 1. The van der Waals surface area contributed by atoms with Gasteiger partial charge >= 0.3 is 0 Å². The standard InChI is InChI=1S/C20H17N3O4/c1-10(24)21-13-6-4-5-12-16(13)20(25)17-18(22-23-19(12)17)11-7-8-14(26-2)15(9-11)27-3/h4-9,19H,1-3H3,(H,21,24). The van der Waals surface area contributed by atoms with Gasteiger partial charge in [0.15, 0.2) is 17.3 Å². The summed E-state index contributed by atoms with van der Waals surface area (Å²) in [7, 11) is 3.11. The smallest absolute Gasteiger partial charge is 0.221 e. The van der Waals surface area contributed by atoms with Crippen LogP contribution in [0.15, 0.2) is 52.2 Å². The van der Waals surface area contributed by atoms with Crippen molar-refractivity contribution in [3.05, 3.63) is 58.7 Å². The summed E-state index contributed by atoms with van der Waals surface area (Å²) in [5.74, 6) is 0.731. The molecule has 1 amide bonds.